The normalized spacial score (nSPS) is 11.7. The number of nitrogens with zero attached hydrogens (tertiary/aromatic N) is 4. The first-order valence-electron chi connectivity index (χ1n) is 5.49. The van der Waals surface area contributed by atoms with Crippen LogP contribution in [0.25, 0.3) is 16.7 Å². The van der Waals surface area contributed by atoms with E-state index in [-0.39, 0.29) is 5.89 Å². The number of rotatable bonds is 4. The van der Waals surface area contributed by atoms with E-state index in [9.17, 15) is 4.79 Å². The molecule has 19 heavy (non-hydrogen) atoms. The average molecular weight is 255 g/mol. The second-order valence-corrected chi connectivity index (χ2v) is 3.70. The van der Waals surface area contributed by atoms with Crippen molar-refractivity contribution in [3.8, 4) is 0 Å². The minimum atomic E-state index is 0.261. The molecule has 7 nitrogen and oxygen atoms in total. The Labute approximate surface area is 107 Å². The summed E-state index contributed by atoms with van der Waals surface area (Å²) >= 11 is 0. The first kappa shape index (κ1) is 11.1. The summed E-state index contributed by atoms with van der Waals surface area (Å²) in [6.45, 7) is 0. The molecule has 0 fully saturated rings. The summed E-state index contributed by atoms with van der Waals surface area (Å²) < 4.78 is 6.99. The largest absolute Gasteiger partial charge is 0.436 e. The third-order valence-electron chi connectivity index (χ3n) is 2.46. The molecule has 0 spiro atoms. The van der Waals surface area contributed by atoms with Gasteiger partial charge in [-0.1, -0.05) is 12.1 Å². The van der Waals surface area contributed by atoms with E-state index in [4.69, 9.17) is 4.42 Å². The Balaban J connectivity index is 1.93. The van der Waals surface area contributed by atoms with Crippen molar-refractivity contribution in [2.75, 3.05) is 5.43 Å². The lowest BCUT2D eigenvalue weighted by Gasteiger charge is -1.99. The van der Waals surface area contributed by atoms with Crippen LogP contribution in [0.2, 0.25) is 0 Å². The lowest BCUT2D eigenvalue weighted by atomic mass is 10.3. The van der Waals surface area contributed by atoms with Crippen LogP contribution in [0.3, 0.4) is 0 Å². The molecular weight excluding hydrogens is 246 g/mol. The summed E-state index contributed by atoms with van der Waals surface area (Å²) in [6, 6.07) is 7.31. The third kappa shape index (κ3) is 2.21. The smallest absolute Gasteiger partial charge is 0.232 e. The Hall–Kier alpha value is -2.96. The van der Waals surface area contributed by atoms with Gasteiger partial charge in [-0.3, -0.25) is 10.2 Å². The van der Waals surface area contributed by atoms with Crippen LogP contribution in [0.15, 0.2) is 47.5 Å². The first-order valence-corrected chi connectivity index (χ1v) is 5.49. The summed E-state index contributed by atoms with van der Waals surface area (Å²) in [4.78, 5) is 15.3. The molecule has 3 rings (SSSR count). The summed E-state index contributed by atoms with van der Waals surface area (Å²) in [5, 5.41) is 7.25. The lowest BCUT2D eigenvalue weighted by Crippen LogP contribution is -2.06. The maximum Gasteiger partial charge on any atom is 0.232 e. The van der Waals surface area contributed by atoms with Gasteiger partial charge < -0.3 is 4.42 Å². The number of para-hydroxylation sites is 2. The highest BCUT2D eigenvalue weighted by atomic mass is 16.3. The number of allylic oxidation sites excluding steroid dienone is 1. The summed E-state index contributed by atoms with van der Waals surface area (Å²) in [5.74, 6) is 0.261. The third-order valence-corrected chi connectivity index (χ3v) is 2.46. The fourth-order valence-corrected chi connectivity index (χ4v) is 1.55. The number of benzene rings is 1. The van der Waals surface area contributed by atoms with Gasteiger partial charge in [0.15, 0.2) is 11.9 Å². The van der Waals surface area contributed by atoms with Crippen molar-refractivity contribution in [3.05, 3.63) is 49.0 Å². The topological polar surface area (TPSA) is 85.8 Å². The van der Waals surface area contributed by atoms with Crippen molar-refractivity contribution in [2.24, 2.45) is 0 Å². The molecule has 0 saturated heterocycles. The van der Waals surface area contributed by atoms with Gasteiger partial charge in [-0.15, -0.1) is 10.2 Å². The number of aldehydes is 1. The van der Waals surface area contributed by atoms with Crippen molar-refractivity contribution in [1.29, 1.82) is 0 Å². The average Bonchev–Trinajstić information content (AvgIpc) is 3.08. The van der Waals surface area contributed by atoms with Gasteiger partial charge in [0.05, 0.1) is 5.57 Å². The van der Waals surface area contributed by atoms with Gasteiger partial charge in [-0.2, -0.15) is 0 Å². The number of aromatic nitrogens is 4. The maximum atomic E-state index is 11.1. The monoisotopic (exact) mass is 255 g/mol. The molecule has 0 unspecified atom stereocenters. The van der Waals surface area contributed by atoms with Gasteiger partial charge in [0.25, 0.3) is 0 Å². The Bertz CT molecular complexity index is 697. The molecular formula is C12H9N5O2. The Kier molecular flexibility index (Phi) is 2.77. The number of hydrogen-bond acceptors (Lipinski definition) is 6. The molecule has 0 saturated carbocycles. The van der Waals surface area contributed by atoms with Gasteiger partial charge in [0, 0.05) is 6.20 Å². The number of nitrogens with one attached hydrogen (secondary N) is 1. The molecule has 0 aliphatic heterocycles. The predicted molar refractivity (Wildman–Crippen MR) is 67.4 cm³/mol. The molecule has 7 heteroatoms. The summed E-state index contributed by atoms with van der Waals surface area (Å²) in [5.41, 5.74) is 4.45. The van der Waals surface area contributed by atoms with Crippen molar-refractivity contribution in [3.63, 3.8) is 0 Å². The molecule has 0 aliphatic rings. The number of carbonyl (C=O) groups excluding carboxylic acids is 1. The van der Waals surface area contributed by atoms with Crippen LogP contribution < -0.4 is 5.43 Å². The van der Waals surface area contributed by atoms with Gasteiger partial charge in [-0.25, -0.2) is 9.66 Å². The second kappa shape index (κ2) is 4.73. The van der Waals surface area contributed by atoms with E-state index in [1.165, 1.54) is 23.5 Å². The predicted octanol–water partition coefficient (Wildman–Crippen LogP) is 1.20. The molecule has 1 N–H and O–H groups in total. The van der Waals surface area contributed by atoms with Gasteiger partial charge in [0.1, 0.15) is 18.2 Å². The zero-order valence-electron chi connectivity index (χ0n) is 9.72. The molecule has 0 aliphatic carbocycles. The van der Waals surface area contributed by atoms with Gasteiger partial charge >= 0.3 is 0 Å². The molecule has 2 heterocycles. The van der Waals surface area contributed by atoms with Crippen molar-refractivity contribution >= 4 is 23.0 Å². The zero-order chi connectivity index (χ0) is 13.1. The first-order chi connectivity index (χ1) is 9.36. The van der Waals surface area contributed by atoms with Gasteiger partial charge in [-0.05, 0) is 12.1 Å². The SMILES string of the molecule is O=CC(=CNn1cnnc1)c1nc2ccccc2o1. The van der Waals surface area contributed by atoms with Crippen molar-refractivity contribution < 1.29 is 9.21 Å². The van der Waals surface area contributed by atoms with Crippen molar-refractivity contribution in [1.82, 2.24) is 19.9 Å². The lowest BCUT2D eigenvalue weighted by molar-refractivity contribution is -0.103. The highest BCUT2D eigenvalue weighted by molar-refractivity contribution is 6.05. The highest BCUT2D eigenvalue weighted by Gasteiger charge is 2.09. The molecule has 0 radical (unpaired) electrons. The van der Waals surface area contributed by atoms with E-state index in [1.807, 2.05) is 18.2 Å². The van der Waals surface area contributed by atoms with E-state index in [1.54, 1.807) is 6.07 Å². The number of hydrogen-bond donors (Lipinski definition) is 1. The van der Waals surface area contributed by atoms with Crippen LogP contribution in [0.4, 0.5) is 0 Å². The highest BCUT2D eigenvalue weighted by Crippen LogP contribution is 2.19. The van der Waals surface area contributed by atoms with Crippen LogP contribution in [0, 0.1) is 0 Å². The minimum absolute atomic E-state index is 0.261. The Morgan fingerprint density at radius 2 is 2.05 bits per heavy atom. The molecule has 0 amide bonds. The van der Waals surface area contributed by atoms with Crippen LogP contribution in [-0.2, 0) is 4.79 Å². The molecule has 1 aromatic carbocycles. The van der Waals surface area contributed by atoms with E-state index >= 15 is 0 Å². The van der Waals surface area contributed by atoms with Crippen LogP contribution >= 0.6 is 0 Å². The van der Waals surface area contributed by atoms with Gasteiger partial charge in [0.2, 0.25) is 5.89 Å². The van der Waals surface area contributed by atoms with E-state index in [2.05, 4.69) is 20.6 Å². The Morgan fingerprint density at radius 1 is 1.26 bits per heavy atom. The van der Waals surface area contributed by atoms with Crippen LogP contribution in [-0.4, -0.2) is 26.1 Å². The standard InChI is InChI=1S/C12H9N5O2/c18-6-9(5-15-17-7-13-14-8-17)12-16-10-3-1-2-4-11(10)19-12/h1-8,15H. The number of carbonyl (C=O) groups is 1. The quantitative estimate of drug-likeness (QED) is 0.557. The van der Waals surface area contributed by atoms with E-state index in [0.717, 1.165) is 0 Å². The fourth-order valence-electron chi connectivity index (χ4n) is 1.55. The number of fused-ring (bicyclic) bond motifs is 1. The Morgan fingerprint density at radius 3 is 2.79 bits per heavy atom. The second-order valence-electron chi connectivity index (χ2n) is 3.70. The number of oxazole rings is 1. The minimum Gasteiger partial charge on any atom is -0.436 e. The molecule has 94 valence electrons. The molecule has 2 aromatic heterocycles. The van der Waals surface area contributed by atoms with Crippen LogP contribution in [0.1, 0.15) is 5.89 Å². The molecule has 0 atom stereocenters. The van der Waals surface area contributed by atoms with E-state index < -0.39 is 0 Å². The van der Waals surface area contributed by atoms with E-state index in [0.29, 0.717) is 23.0 Å². The molecule has 3 aromatic rings. The summed E-state index contributed by atoms with van der Waals surface area (Å²) in [6.07, 6.45) is 5.07. The fraction of sp³-hybridized carbons (Fsp3) is 0. The van der Waals surface area contributed by atoms with Crippen LogP contribution in [0.5, 0.6) is 0 Å². The molecule has 0 bridgehead atoms. The zero-order valence-corrected chi connectivity index (χ0v) is 9.72. The van der Waals surface area contributed by atoms with Crippen molar-refractivity contribution in [2.45, 2.75) is 0 Å². The summed E-state index contributed by atoms with van der Waals surface area (Å²) in [7, 11) is 0. The maximum absolute atomic E-state index is 11.1.